The van der Waals surface area contributed by atoms with E-state index >= 15 is 0 Å². The van der Waals surface area contributed by atoms with Gasteiger partial charge in [-0.3, -0.25) is 9.59 Å². The topological polar surface area (TPSA) is 65.2 Å². The fourth-order valence-electron chi connectivity index (χ4n) is 4.15. The number of rotatable bonds is 7. The summed E-state index contributed by atoms with van der Waals surface area (Å²) in [7, 11) is 0. The fraction of sp³-hybridized carbons (Fsp3) is 0.391. The molecule has 2 atom stereocenters. The van der Waals surface area contributed by atoms with Crippen LogP contribution in [-0.2, 0) is 9.59 Å². The Morgan fingerprint density at radius 1 is 1.28 bits per heavy atom. The number of nitrogens with one attached hydrogen (secondary N) is 2. The predicted octanol–water partition coefficient (Wildman–Crippen LogP) is 3.98. The number of benzene rings is 1. The quantitative estimate of drug-likeness (QED) is 0.620. The van der Waals surface area contributed by atoms with Crippen LogP contribution in [0.5, 0.6) is 0 Å². The van der Waals surface area contributed by atoms with Crippen LogP contribution in [0.15, 0.2) is 48.0 Å². The number of aromatic amines is 1. The molecule has 6 heteroatoms. The van der Waals surface area contributed by atoms with Crippen molar-refractivity contribution in [3.05, 3.63) is 58.4 Å². The molecule has 5 nitrogen and oxygen atoms in total. The second-order valence-corrected chi connectivity index (χ2v) is 9.18. The number of H-pyrrole nitrogens is 1. The van der Waals surface area contributed by atoms with E-state index in [-0.39, 0.29) is 23.7 Å². The van der Waals surface area contributed by atoms with Gasteiger partial charge >= 0.3 is 0 Å². The lowest BCUT2D eigenvalue weighted by molar-refractivity contribution is -0.129. The van der Waals surface area contributed by atoms with E-state index in [4.69, 9.17) is 0 Å². The van der Waals surface area contributed by atoms with Crippen LogP contribution >= 0.6 is 11.3 Å². The van der Waals surface area contributed by atoms with Gasteiger partial charge in [-0.1, -0.05) is 38.1 Å². The van der Waals surface area contributed by atoms with Crippen LogP contribution < -0.4 is 5.32 Å². The van der Waals surface area contributed by atoms with Crippen LogP contribution in [0.25, 0.3) is 10.9 Å². The summed E-state index contributed by atoms with van der Waals surface area (Å²) in [6, 6.07) is 12.4. The Morgan fingerprint density at radius 3 is 2.86 bits per heavy atom. The van der Waals surface area contributed by atoms with Crippen LogP contribution in [-0.4, -0.2) is 41.3 Å². The number of nitrogens with zero attached hydrogens (tertiary/aromatic N) is 1. The van der Waals surface area contributed by atoms with Gasteiger partial charge in [0, 0.05) is 53.9 Å². The smallest absolute Gasteiger partial charge is 0.225 e. The minimum atomic E-state index is -0.256. The molecule has 2 aromatic heterocycles. The molecule has 0 radical (unpaired) electrons. The molecule has 1 aliphatic rings. The predicted molar refractivity (Wildman–Crippen MR) is 117 cm³/mol. The summed E-state index contributed by atoms with van der Waals surface area (Å²) in [6.07, 6.45) is 2.36. The summed E-state index contributed by atoms with van der Waals surface area (Å²) in [5.74, 6) is 0.300. The van der Waals surface area contributed by atoms with E-state index in [1.165, 1.54) is 15.8 Å². The molecule has 2 amide bonds. The van der Waals surface area contributed by atoms with E-state index in [1.54, 1.807) is 11.3 Å². The number of likely N-dealkylation sites (tertiary alicyclic amines) is 1. The Hall–Kier alpha value is -2.60. The van der Waals surface area contributed by atoms with Crippen LogP contribution in [0.4, 0.5) is 0 Å². The first kappa shape index (κ1) is 19.7. The highest BCUT2D eigenvalue weighted by molar-refractivity contribution is 7.10. The summed E-state index contributed by atoms with van der Waals surface area (Å²) in [5, 5.41) is 6.38. The number of aromatic nitrogens is 1. The number of amides is 2. The van der Waals surface area contributed by atoms with Crippen molar-refractivity contribution in [1.82, 2.24) is 15.2 Å². The third-order valence-electron chi connectivity index (χ3n) is 5.53. The van der Waals surface area contributed by atoms with Crippen LogP contribution in [0.2, 0.25) is 0 Å². The van der Waals surface area contributed by atoms with Crippen molar-refractivity contribution in [3.8, 4) is 0 Å². The van der Waals surface area contributed by atoms with E-state index in [9.17, 15) is 9.59 Å². The molecule has 29 heavy (non-hydrogen) atoms. The monoisotopic (exact) mass is 409 g/mol. The lowest BCUT2D eigenvalue weighted by Gasteiger charge is -2.20. The average molecular weight is 410 g/mol. The maximum absolute atomic E-state index is 12.8. The fourth-order valence-corrected chi connectivity index (χ4v) is 4.99. The zero-order valence-electron chi connectivity index (χ0n) is 16.9. The third-order valence-corrected chi connectivity index (χ3v) is 6.52. The Bertz CT molecular complexity index is 993. The molecule has 3 heterocycles. The molecule has 4 rings (SSSR count). The van der Waals surface area contributed by atoms with Gasteiger partial charge in [0.25, 0.3) is 0 Å². The third kappa shape index (κ3) is 4.22. The first-order valence-corrected chi connectivity index (χ1v) is 11.1. The molecule has 0 unspecified atom stereocenters. The minimum absolute atomic E-state index is 0.0222. The number of hydrogen-bond acceptors (Lipinski definition) is 3. The van der Waals surface area contributed by atoms with Crippen molar-refractivity contribution in [2.24, 2.45) is 11.8 Å². The van der Waals surface area contributed by atoms with E-state index < -0.39 is 0 Å². The Kier molecular flexibility index (Phi) is 5.72. The number of hydrogen-bond donors (Lipinski definition) is 2. The molecule has 1 saturated heterocycles. The zero-order valence-corrected chi connectivity index (χ0v) is 17.7. The number of para-hydroxylation sites is 1. The van der Waals surface area contributed by atoms with Gasteiger partial charge in [0.05, 0.1) is 5.92 Å². The van der Waals surface area contributed by atoms with Gasteiger partial charge in [0.2, 0.25) is 11.8 Å². The molecule has 0 bridgehead atoms. The van der Waals surface area contributed by atoms with Gasteiger partial charge in [-0.15, -0.1) is 11.3 Å². The highest BCUT2D eigenvalue weighted by Crippen LogP contribution is 2.33. The number of fused-ring (bicyclic) bond motifs is 1. The lowest BCUT2D eigenvalue weighted by Crippen LogP contribution is -2.36. The Labute approximate surface area is 175 Å². The van der Waals surface area contributed by atoms with Crippen LogP contribution in [0.1, 0.15) is 36.6 Å². The average Bonchev–Trinajstić information content (AvgIpc) is 3.43. The molecule has 3 aromatic rings. The summed E-state index contributed by atoms with van der Waals surface area (Å²) >= 11 is 1.70. The molecule has 152 valence electrons. The molecular formula is C23H27N3O2S. The number of carbonyl (C=O) groups is 2. The summed E-state index contributed by atoms with van der Waals surface area (Å²) in [5.41, 5.74) is 2.29. The second kappa shape index (κ2) is 8.41. The SMILES string of the molecule is CC(C)CN1C[C@H](C(=O)NC[C@H](c2cccs2)c2c[nH]c3ccccc23)CC1=O. The van der Waals surface area contributed by atoms with Crippen molar-refractivity contribution in [1.29, 1.82) is 0 Å². The van der Waals surface area contributed by atoms with E-state index in [1.807, 2.05) is 29.3 Å². The van der Waals surface area contributed by atoms with Crippen molar-refractivity contribution in [2.45, 2.75) is 26.2 Å². The highest BCUT2D eigenvalue weighted by Gasteiger charge is 2.34. The molecular weight excluding hydrogens is 382 g/mol. The molecule has 1 aliphatic heterocycles. The first-order chi connectivity index (χ1) is 14.0. The molecule has 0 aliphatic carbocycles. The molecule has 0 saturated carbocycles. The van der Waals surface area contributed by atoms with E-state index in [2.05, 4.69) is 47.7 Å². The molecule has 2 N–H and O–H groups in total. The van der Waals surface area contributed by atoms with Crippen molar-refractivity contribution >= 4 is 34.1 Å². The minimum Gasteiger partial charge on any atom is -0.361 e. The van der Waals surface area contributed by atoms with Gasteiger partial charge in [0.1, 0.15) is 0 Å². The molecule has 1 aromatic carbocycles. The summed E-state index contributed by atoms with van der Waals surface area (Å²) in [6.45, 7) is 5.95. The number of thiophene rings is 1. The Morgan fingerprint density at radius 2 is 2.10 bits per heavy atom. The van der Waals surface area contributed by atoms with Gasteiger partial charge in [-0.2, -0.15) is 0 Å². The highest BCUT2D eigenvalue weighted by atomic mass is 32.1. The molecule has 0 spiro atoms. The standard InChI is InChI=1S/C23H27N3O2S/c1-15(2)13-26-14-16(10-22(26)27)23(28)25-12-19(21-8-5-9-29-21)18-11-24-20-7-4-3-6-17(18)20/h3-9,11,15-16,19,24H,10,12-14H2,1-2H3,(H,25,28)/t16-,19+/m1/s1. The van der Waals surface area contributed by atoms with E-state index in [0.29, 0.717) is 25.4 Å². The van der Waals surface area contributed by atoms with Crippen LogP contribution in [0.3, 0.4) is 0 Å². The van der Waals surface area contributed by atoms with Gasteiger partial charge < -0.3 is 15.2 Å². The van der Waals surface area contributed by atoms with Crippen LogP contribution in [0, 0.1) is 11.8 Å². The summed E-state index contributed by atoms with van der Waals surface area (Å²) < 4.78 is 0. The van der Waals surface area contributed by atoms with Crippen molar-refractivity contribution in [2.75, 3.05) is 19.6 Å². The lowest BCUT2D eigenvalue weighted by atomic mass is 9.96. The van der Waals surface area contributed by atoms with Gasteiger partial charge in [-0.05, 0) is 29.0 Å². The van der Waals surface area contributed by atoms with Crippen molar-refractivity contribution in [3.63, 3.8) is 0 Å². The number of carbonyl (C=O) groups excluding carboxylic acids is 2. The van der Waals surface area contributed by atoms with Crippen molar-refractivity contribution < 1.29 is 9.59 Å². The van der Waals surface area contributed by atoms with E-state index in [0.717, 1.165) is 12.1 Å². The largest absolute Gasteiger partial charge is 0.361 e. The normalized spacial score (nSPS) is 18.0. The Balaban J connectivity index is 1.48. The second-order valence-electron chi connectivity index (χ2n) is 8.20. The molecule has 1 fully saturated rings. The maximum Gasteiger partial charge on any atom is 0.225 e. The first-order valence-electron chi connectivity index (χ1n) is 10.2. The summed E-state index contributed by atoms with van der Waals surface area (Å²) in [4.78, 5) is 31.5. The maximum atomic E-state index is 12.8. The van der Waals surface area contributed by atoms with Gasteiger partial charge in [-0.25, -0.2) is 0 Å². The zero-order chi connectivity index (χ0) is 20.4. The van der Waals surface area contributed by atoms with Gasteiger partial charge in [0.15, 0.2) is 0 Å².